The van der Waals surface area contributed by atoms with Crippen LogP contribution in [-0.2, 0) is 19.0 Å². The Balaban J connectivity index is 2.00. The van der Waals surface area contributed by atoms with Gasteiger partial charge in [0.1, 0.15) is 6.10 Å². The first-order valence-electron chi connectivity index (χ1n) is 4.08. The molecule has 2 fully saturated rings. The maximum Gasteiger partial charge on any atom is 0.264 e. The minimum Gasteiger partial charge on any atom is -0.372 e. The summed E-state index contributed by atoms with van der Waals surface area (Å²) < 4.78 is 31.9. The summed E-state index contributed by atoms with van der Waals surface area (Å²) in [6.45, 7) is 0. The summed E-state index contributed by atoms with van der Waals surface area (Å²) in [6, 6.07) is 0. The Hall–Kier alpha value is -0.130. The van der Waals surface area contributed by atoms with Crippen molar-refractivity contribution in [2.24, 2.45) is 0 Å². The van der Waals surface area contributed by atoms with Gasteiger partial charge in [-0.15, -0.1) is 0 Å². The van der Waals surface area contributed by atoms with Gasteiger partial charge in [-0.2, -0.15) is 8.42 Å². The lowest BCUT2D eigenvalue weighted by Crippen LogP contribution is -2.27. The Bertz CT molecular complexity index is 271. The molecule has 4 nitrogen and oxygen atoms in total. The third-order valence-corrected chi connectivity index (χ3v) is 2.95. The summed E-state index contributed by atoms with van der Waals surface area (Å²) in [5.41, 5.74) is 0. The number of fused-ring (bicyclic) bond motifs is 2. The molecular weight excluding hydrogens is 180 g/mol. The summed E-state index contributed by atoms with van der Waals surface area (Å²) in [7, 11) is -3.31. The fraction of sp³-hybridized carbons (Fsp3) is 1.00. The van der Waals surface area contributed by atoms with E-state index in [0.717, 1.165) is 25.5 Å². The standard InChI is InChI=1S/C7H12O4S/c1-12(8,9)11-7-4-5-2-3-6(7)10-5/h5-7H,2-4H2,1H3. The molecule has 2 rings (SSSR count). The van der Waals surface area contributed by atoms with Crippen molar-refractivity contribution in [3.8, 4) is 0 Å². The van der Waals surface area contributed by atoms with Crippen LogP contribution in [-0.4, -0.2) is 33.0 Å². The zero-order valence-corrected chi connectivity index (χ0v) is 7.71. The highest BCUT2D eigenvalue weighted by atomic mass is 32.2. The van der Waals surface area contributed by atoms with Crippen LogP contribution in [0.5, 0.6) is 0 Å². The molecule has 0 aliphatic carbocycles. The van der Waals surface area contributed by atoms with Crippen molar-refractivity contribution in [1.82, 2.24) is 0 Å². The Labute approximate surface area is 72.0 Å². The van der Waals surface area contributed by atoms with Crippen molar-refractivity contribution in [3.63, 3.8) is 0 Å². The van der Waals surface area contributed by atoms with Crippen LogP contribution < -0.4 is 0 Å². The van der Waals surface area contributed by atoms with E-state index in [2.05, 4.69) is 0 Å². The van der Waals surface area contributed by atoms with E-state index < -0.39 is 10.1 Å². The molecule has 0 aromatic rings. The number of hydrogen-bond donors (Lipinski definition) is 0. The minimum absolute atomic E-state index is 0.0183. The van der Waals surface area contributed by atoms with Crippen molar-refractivity contribution in [3.05, 3.63) is 0 Å². The molecule has 12 heavy (non-hydrogen) atoms. The summed E-state index contributed by atoms with van der Waals surface area (Å²) in [4.78, 5) is 0. The number of ether oxygens (including phenoxy) is 1. The van der Waals surface area contributed by atoms with Crippen LogP contribution in [0.4, 0.5) is 0 Å². The first-order valence-corrected chi connectivity index (χ1v) is 5.90. The van der Waals surface area contributed by atoms with Gasteiger partial charge >= 0.3 is 0 Å². The quantitative estimate of drug-likeness (QED) is 0.590. The van der Waals surface area contributed by atoms with Crippen molar-refractivity contribution < 1.29 is 17.3 Å². The summed E-state index contributed by atoms with van der Waals surface area (Å²) >= 11 is 0. The van der Waals surface area contributed by atoms with Gasteiger partial charge in [0.15, 0.2) is 0 Å². The Morgan fingerprint density at radius 3 is 2.58 bits per heavy atom. The Morgan fingerprint density at radius 1 is 1.42 bits per heavy atom. The van der Waals surface area contributed by atoms with E-state index in [1.165, 1.54) is 0 Å². The molecule has 0 saturated carbocycles. The van der Waals surface area contributed by atoms with Crippen LogP contribution in [0.1, 0.15) is 19.3 Å². The van der Waals surface area contributed by atoms with E-state index in [-0.39, 0.29) is 18.3 Å². The minimum atomic E-state index is -3.31. The molecule has 0 aromatic carbocycles. The van der Waals surface area contributed by atoms with Gasteiger partial charge in [-0.05, 0) is 12.8 Å². The van der Waals surface area contributed by atoms with E-state index in [0.29, 0.717) is 0 Å². The zero-order chi connectivity index (χ0) is 8.77. The third-order valence-electron chi connectivity index (χ3n) is 2.35. The first-order chi connectivity index (χ1) is 5.54. The lowest BCUT2D eigenvalue weighted by atomic mass is 9.98. The second kappa shape index (κ2) is 2.68. The molecule has 2 heterocycles. The SMILES string of the molecule is CS(=O)(=O)OC1CC2CCC1O2. The molecule has 3 atom stereocenters. The molecule has 3 unspecified atom stereocenters. The van der Waals surface area contributed by atoms with Gasteiger partial charge in [0, 0.05) is 6.42 Å². The topological polar surface area (TPSA) is 52.6 Å². The van der Waals surface area contributed by atoms with Gasteiger partial charge in [0.05, 0.1) is 18.5 Å². The molecule has 2 aliphatic heterocycles. The number of rotatable bonds is 2. The van der Waals surface area contributed by atoms with Crippen LogP contribution in [0.3, 0.4) is 0 Å². The van der Waals surface area contributed by atoms with Gasteiger partial charge in [-0.25, -0.2) is 0 Å². The monoisotopic (exact) mass is 192 g/mol. The van der Waals surface area contributed by atoms with E-state index in [4.69, 9.17) is 8.92 Å². The van der Waals surface area contributed by atoms with Crippen LogP contribution in [0.25, 0.3) is 0 Å². The molecule has 2 saturated heterocycles. The summed E-state index contributed by atoms with van der Waals surface area (Å²) in [6.07, 6.45) is 3.83. The van der Waals surface area contributed by atoms with Crippen molar-refractivity contribution in [2.45, 2.75) is 37.6 Å². The van der Waals surface area contributed by atoms with Crippen LogP contribution >= 0.6 is 0 Å². The molecule has 0 spiro atoms. The first kappa shape index (κ1) is 8.47. The maximum absolute atomic E-state index is 10.8. The van der Waals surface area contributed by atoms with E-state index in [1.807, 2.05) is 0 Å². The normalized spacial score (nSPS) is 40.6. The Morgan fingerprint density at radius 2 is 2.17 bits per heavy atom. The molecule has 0 radical (unpaired) electrons. The molecule has 2 bridgehead atoms. The highest BCUT2D eigenvalue weighted by Crippen LogP contribution is 2.36. The van der Waals surface area contributed by atoms with Crippen molar-refractivity contribution in [1.29, 1.82) is 0 Å². The maximum atomic E-state index is 10.8. The Kier molecular flexibility index (Phi) is 1.89. The highest BCUT2D eigenvalue weighted by molar-refractivity contribution is 7.86. The molecule has 5 heteroatoms. The highest BCUT2D eigenvalue weighted by Gasteiger charge is 2.42. The fourth-order valence-electron chi connectivity index (χ4n) is 1.92. The van der Waals surface area contributed by atoms with Gasteiger partial charge in [0.2, 0.25) is 0 Å². The zero-order valence-electron chi connectivity index (χ0n) is 6.89. The van der Waals surface area contributed by atoms with Gasteiger partial charge in [-0.1, -0.05) is 0 Å². The molecule has 0 amide bonds. The smallest absolute Gasteiger partial charge is 0.264 e. The van der Waals surface area contributed by atoms with E-state index in [9.17, 15) is 8.42 Å². The predicted molar refractivity (Wildman–Crippen MR) is 42.2 cm³/mol. The van der Waals surface area contributed by atoms with Gasteiger partial charge in [-0.3, -0.25) is 4.18 Å². The lowest BCUT2D eigenvalue weighted by Gasteiger charge is -2.16. The second-order valence-electron chi connectivity index (χ2n) is 3.45. The van der Waals surface area contributed by atoms with Crippen molar-refractivity contribution >= 4 is 10.1 Å². The van der Waals surface area contributed by atoms with E-state index >= 15 is 0 Å². The summed E-state index contributed by atoms with van der Waals surface area (Å²) in [5, 5.41) is 0. The average molecular weight is 192 g/mol. The third kappa shape index (κ3) is 1.62. The van der Waals surface area contributed by atoms with Crippen LogP contribution in [0.15, 0.2) is 0 Å². The molecular formula is C7H12O4S. The fourth-order valence-corrected chi connectivity index (χ4v) is 2.57. The van der Waals surface area contributed by atoms with Gasteiger partial charge < -0.3 is 4.74 Å². The van der Waals surface area contributed by atoms with Crippen LogP contribution in [0, 0.1) is 0 Å². The largest absolute Gasteiger partial charge is 0.372 e. The van der Waals surface area contributed by atoms with E-state index in [1.54, 1.807) is 0 Å². The molecule has 2 aliphatic rings. The second-order valence-corrected chi connectivity index (χ2v) is 5.05. The summed E-state index contributed by atoms with van der Waals surface area (Å²) in [5.74, 6) is 0. The molecule has 0 aromatic heterocycles. The lowest BCUT2D eigenvalue weighted by molar-refractivity contribution is 0.0667. The molecule has 70 valence electrons. The number of hydrogen-bond acceptors (Lipinski definition) is 4. The van der Waals surface area contributed by atoms with Crippen LogP contribution in [0.2, 0.25) is 0 Å². The average Bonchev–Trinajstić information content (AvgIpc) is 2.42. The van der Waals surface area contributed by atoms with Gasteiger partial charge in [0.25, 0.3) is 10.1 Å². The predicted octanol–water partition coefficient (Wildman–Crippen LogP) is 0.283. The van der Waals surface area contributed by atoms with Crippen molar-refractivity contribution in [2.75, 3.05) is 6.26 Å². The molecule has 0 N–H and O–H groups in total.